The number of benzene rings is 1. The fourth-order valence-electron chi connectivity index (χ4n) is 4.06. The molecule has 0 radical (unpaired) electrons. The molecule has 9 nitrogen and oxygen atoms in total. The minimum absolute atomic E-state index is 0.102. The van der Waals surface area contributed by atoms with Crippen molar-refractivity contribution in [2.24, 2.45) is 5.73 Å². The molecule has 0 atom stereocenters. The first kappa shape index (κ1) is 20.0. The highest BCUT2D eigenvalue weighted by Gasteiger charge is 2.30. The van der Waals surface area contributed by atoms with E-state index in [9.17, 15) is 15.0 Å². The smallest absolute Gasteiger partial charge is 0.254 e. The molecule has 4 rings (SSSR count). The maximum atomic E-state index is 12.3. The number of aryl methyl sites for hydroxylation is 1. The molecule has 3 aromatic rings. The highest BCUT2D eigenvalue weighted by molar-refractivity contribution is 6.09. The number of amides is 1. The largest absolute Gasteiger partial charge is 0.508 e. The Labute approximate surface area is 173 Å². The Morgan fingerprint density at radius 1 is 1.23 bits per heavy atom. The van der Waals surface area contributed by atoms with E-state index < -0.39 is 11.5 Å². The van der Waals surface area contributed by atoms with E-state index in [0.29, 0.717) is 54.2 Å². The Morgan fingerprint density at radius 2 is 1.90 bits per heavy atom. The molecule has 1 amide bonds. The van der Waals surface area contributed by atoms with Gasteiger partial charge in [0, 0.05) is 18.7 Å². The third-order valence-electron chi connectivity index (χ3n) is 5.92. The number of hydrogen-bond acceptors (Lipinski definition) is 7. The van der Waals surface area contributed by atoms with Gasteiger partial charge in [-0.05, 0) is 45.2 Å². The van der Waals surface area contributed by atoms with Crippen molar-refractivity contribution in [2.75, 3.05) is 23.7 Å². The Balaban J connectivity index is 1.92. The molecule has 158 valence electrons. The van der Waals surface area contributed by atoms with E-state index in [1.54, 1.807) is 29.8 Å². The number of aromatic hydroxyl groups is 1. The van der Waals surface area contributed by atoms with E-state index in [4.69, 9.17) is 11.5 Å². The highest BCUT2D eigenvalue weighted by Crippen LogP contribution is 2.35. The molecule has 1 saturated heterocycles. The molecule has 0 saturated carbocycles. The number of nitrogens with zero attached hydrogens (tertiary/aromatic N) is 4. The number of nitrogens with two attached hydrogens (primary N) is 2. The fraction of sp³-hybridized carbons (Fsp3) is 0.381. The number of primary amides is 1. The van der Waals surface area contributed by atoms with E-state index in [1.807, 2.05) is 18.7 Å². The zero-order chi connectivity index (χ0) is 21.8. The molecule has 1 aliphatic rings. The number of aliphatic hydroxyl groups is 1. The number of aromatic nitrogens is 3. The molecule has 9 heteroatoms. The van der Waals surface area contributed by atoms with Crippen LogP contribution in [0.5, 0.6) is 5.75 Å². The van der Waals surface area contributed by atoms with Crippen LogP contribution in [-0.4, -0.2) is 49.3 Å². The minimum Gasteiger partial charge on any atom is -0.508 e. The predicted molar refractivity (Wildman–Crippen MR) is 115 cm³/mol. The van der Waals surface area contributed by atoms with Gasteiger partial charge < -0.3 is 26.6 Å². The van der Waals surface area contributed by atoms with Gasteiger partial charge in [-0.3, -0.25) is 9.36 Å². The van der Waals surface area contributed by atoms with Gasteiger partial charge in [0.15, 0.2) is 5.65 Å². The SMILES string of the molecule is Cc1ccc(O)c(C)c1-n1c(N)c(C(N)=O)c2nc(N3CCC(C)(O)CC3)cnc21. The molecule has 0 unspecified atom stereocenters. The van der Waals surface area contributed by atoms with Crippen molar-refractivity contribution in [3.05, 3.63) is 35.0 Å². The average Bonchev–Trinajstić information content (AvgIpc) is 2.96. The lowest BCUT2D eigenvalue weighted by molar-refractivity contribution is 0.0350. The molecular formula is C21H26N6O3. The lowest BCUT2D eigenvalue weighted by Crippen LogP contribution is -2.42. The van der Waals surface area contributed by atoms with Gasteiger partial charge in [0.05, 0.1) is 17.5 Å². The minimum atomic E-state index is -0.695. The molecule has 0 spiro atoms. The standard InChI is InChI=1S/C21H26N6O3/c1-11-4-5-13(28)12(2)17(11)27-18(22)15(19(23)29)16-20(27)24-10-14(25-16)26-8-6-21(3,30)7-9-26/h4-5,10,28,30H,6-9,22H2,1-3H3,(H2,23,29). The van der Waals surface area contributed by atoms with Crippen LogP contribution < -0.4 is 16.4 Å². The topological polar surface area (TPSA) is 144 Å². The van der Waals surface area contributed by atoms with Crippen LogP contribution in [0.4, 0.5) is 11.6 Å². The fourth-order valence-corrected chi connectivity index (χ4v) is 4.06. The molecule has 3 heterocycles. The molecule has 2 aromatic heterocycles. The Hall–Kier alpha value is -3.33. The number of anilines is 2. The van der Waals surface area contributed by atoms with Crippen LogP contribution in [0.25, 0.3) is 16.9 Å². The summed E-state index contributed by atoms with van der Waals surface area (Å²) in [7, 11) is 0. The number of carbonyl (C=O) groups excluding carboxylic acids is 1. The number of nitrogen functional groups attached to an aromatic ring is 1. The summed E-state index contributed by atoms with van der Waals surface area (Å²) in [6.07, 6.45) is 2.86. The second-order valence-corrected chi connectivity index (χ2v) is 8.22. The van der Waals surface area contributed by atoms with Crippen LogP contribution in [0.3, 0.4) is 0 Å². The number of hydrogen-bond donors (Lipinski definition) is 4. The highest BCUT2D eigenvalue weighted by atomic mass is 16.3. The summed E-state index contributed by atoms with van der Waals surface area (Å²) >= 11 is 0. The van der Waals surface area contributed by atoms with E-state index in [-0.39, 0.29) is 17.1 Å². The van der Waals surface area contributed by atoms with E-state index in [0.717, 1.165) is 5.56 Å². The van der Waals surface area contributed by atoms with Gasteiger partial charge in [-0.15, -0.1) is 0 Å². The first-order valence-electron chi connectivity index (χ1n) is 9.84. The van der Waals surface area contributed by atoms with Gasteiger partial charge in [-0.1, -0.05) is 6.07 Å². The monoisotopic (exact) mass is 410 g/mol. The Bertz CT molecular complexity index is 1160. The quantitative estimate of drug-likeness (QED) is 0.515. The van der Waals surface area contributed by atoms with Crippen molar-refractivity contribution < 1.29 is 15.0 Å². The number of fused-ring (bicyclic) bond motifs is 1. The molecular weight excluding hydrogens is 384 g/mol. The summed E-state index contributed by atoms with van der Waals surface area (Å²) in [6, 6.07) is 3.38. The number of rotatable bonds is 3. The van der Waals surface area contributed by atoms with Crippen LogP contribution in [0.1, 0.15) is 41.3 Å². The Morgan fingerprint density at radius 3 is 2.53 bits per heavy atom. The lowest BCUT2D eigenvalue weighted by Gasteiger charge is -2.36. The molecule has 30 heavy (non-hydrogen) atoms. The maximum absolute atomic E-state index is 12.3. The predicted octanol–water partition coefficient (Wildman–Crippen LogP) is 1.78. The summed E-state index contributed by atoms with van der Waals surface area (Å²) in [6.45, 7) is 6.73. The molecule has 0 bridgehead atoms. The third kappa shape index (κ3) is 3.11. The lowest BCUT2D eigenvalue weighted by atomic mass is 9.94. The van der Waals surface area contributed by atoms with Crippen LogP contribution in [0.15, 0.2) is 18.3 Å². The number of piperidine rings is 1. The van der Waals surface area contributed by atoms with Gasteiger partial charge in [-0.2, -0.15) is 0 Å². The summed E-state index contributed by atoms with van der Waals surface area (Å²) in [5, 5.41) is 20.4. The molecule has 1 aromatic carbocycles. The molecule has 1 fully saturated rings. The molecule has 1 aliphatic heterocycles. The first-order chi connectivity index (χ1) is 14.1. The van der Waals surface area contributed by atoms with E-state index >= 15 is 0 Å². The van der Waals surface area contributed by atoms with Gasteiger partial charge in [0.1, 0.15) is 28.5 Å². The van der Waals surface area contributed by atoms with Gasteiger partial charge in [0.25, 0.3) is 5.91 Å². The van der Waals surface area contributed by atoms with Gasteiger partial charge in [-0.25, -0.2) is 9.97 Å². The van der Waals surface area contributed by atoms with Crippen molar-refractivity contribution in [2.45, 2.75) is 39.2 Å². The molecule has 6 N–H and O–H groups in total. The van der Waals surface area contributed by atoms with Crippen molar-refractivity contribution in [3.63, 3.8) is 0 Å². The van der Waals surface area contributed by atoms with Crippen molar-refractivity contribution in [1.82, 2.24) is 14.5 Å². The summed E-state index contributed by atoms with van der Waals surface area (Å²) in [4.78, 5) is 23.5. The second kappa shape index (κ2) is 6.88. The van der Waals surface area contributed by atoms with Crippen LogP contribution in [0, 0.1) is 13.8 Å². The summed E-state index contributed by atoms with van der Waals surface area (Å²) in [5.41, 5.74) is 14.2. The number of phenols is 1. The number of phenolic OH excluding ortho intramolecular Hbond substituents is 1. The third-order valence-corrected chi connectivity index (χ3v) is 5.92. The summed E-state index contributed by atoms with van der Waals surface area (Å²) in [5.74, 6) is 0.150. The van der Waals surface area contributed by atoms with Crippen LogP contribution in [0.2, 0.25) is 0 Å². The Kier molecular flexibility index (Phi) is 4.58. The maximum Gasteiger partial charge on any atom is 0.254 e. The first-order valence-corrected chi connectivity index (χ1v) is 9.84. The van der Waals surface area contributed by atoms with Crippen molar-refractivity contribution in [3.8, 4) is 11.4 Å². The normalized spacial score (nSPS) is 16.2. The second-order valence-electron chi connectivity index (χ2n) is 8.22. The molecule has 0 aliphatic carbocycles. The number of carbonyl (C=O) groups is 1. The van der Waals surface area contributed by atoms with Gasteiger partial charge >= 0.3 is 0 Å². The van der Waals surface area contributed by atoms with Crippen LogP contribution in [-0.2, 0) is 0 Å². The van der Waals surface area contributed by atoms with Gasteiger partial charge in [0.2, 0.25) is 0 Å². The average molecular weight is 410 g/mol. The van der Waals surface area contributed by atoms with E-state index in [1.165, 1.54) is 0 Å². The zero-order valence-corrected chi connectivity index (χ0v) is 17.3. The van der Waals surface area contributed by atoms with E-state index in [2.05, 4.69) is 9.97 Å². The van der Waals surface area contributed by atoms with Crippen LogP contribution >= 0.6 is 0 Å². The zero-order valence-electron chi connectivity index (χ0n) is 17.3. The van der Waals surface area contributed by atoms with Crippen molar-refractivity contribution in [1.29, 1.82) is 0 Å². The van der Waals surface area contributed by atoms with Crippen molar-refractivity contribution >= 4 is 28.7 Å². The summed E-state index contributed by atoms with van der Waals surface area (Å²) < 4.78 is 1.62.